The molecule has 0 aliphatic heterocycles. The molecule has 1 aromatic carbocycles. The number of carbonyl (C=O) groups is 1. The molecule has 0 aromatic heterocycles. The molecule has 0 radical (unpaired) electrons. The van der Waals surface area contributed by atoms with Gasteiger partial charge in [-0.25, -0.2) is 0 Å². The van der Waals surface area contributed by atoms with Crippen molar-refractivity contribution in [2.75, 3.05) is 0 Å². The van der Waals surface area contributed by atoms with E-state index in [2.05, 4.69) is 20.8 Å². The summed E-state index contributed by atoms with van der Waals surface area (Å²) in [6, 6.07) is 7.82. The summed E-state index contributed by atoms with van der Waals surface area (Å²) in [6.45, 7) is 7.93. The fraction of sp³-hybridized carbons (Fsp3) is 0.500. The lowest BCUT2D eigenvalue weighted by molar-refractivity contribution is -0.118. The zero-order valence-electron chi connectivity index (χ0n) is 10.4. The number of Topliss-reactive ketones (excluding diaryl/α,β-unsaturated/α-hetero) is 1. The molecule has 0 amide bonds. The van der Waals surface area contributed by atoms with Crippen LogP contribution in [0.5, 0.6) is 0 Å². The fourth-order valence-corrected chi connectivity index (χ4v) is 1.60. The molecule has 0 spiro atoms. The van der Waals surface area contributed by atoms with Crippen LogP contribution in [0.3, 0.4) is 0 Å². The number of ketones is 1. The van der Waals surface area contributed by atoms with Crippen LogP contribution in [0.4, 0.5) is 0 Å². The minimum Gasteiger partial charge on any atom is -0.388 e. The molecule has 0 aliphatic carbocycles. The zero-order chi connectivity index (χ0) is 12.3. The van der Waals surface area contributed by atoms with Crippen molar-refractivity contribution in [2.45, 2.75) is 45.6 Å². The van der Waals surface area contributed by atoms with Crippen LogP contribution in [0.2, 0.25) is 0 Å². The lowest BCUT2D eigenvalue weighted by Crippen LogP contribution is -2.11. The molecule has 1 rings (SSSR count). The van der Waals surface area contributed by atoms with Crippen molar-refractivity contribution < 1.29 is 9.90 Å². The summed E-state index contributed by atoms with van der Waals surface area (Å²) in [6.07, 6.45) is -0.485. The first-order valence-electron chi connectivity index (χ1n) is 5.58. The molecule has 88 valence electrons. The molecule has 1 N–H and O–H groups in total. The van der Waals surface area contributed by atoms with Gasteiger partial charge in [-0.15, -0.1) is 0 Å². The van der Waals surface area contributed by atoms with Crippen LogP contribution < -0.4 is 0 Å². The predicted octanol–water partition coefficient (Wildman–Crippen LogP) is 3.00. The topological polar surface area (TPSA) is 37.3 Å². The van der Waals surface area contributed by atoms with E-state index in [0.29, 0.717) is 0 Å². The number of rotatable bonds is 3. The maximum atomic E-state index is 10.9. The number of aliphatic hydroxyl groups is 1. The normalized spacial score (nSPS) is 13.6. The number of carbonyl (C=O) groups excluding carboxylic acids is 1. The minimum atomic E-state index is -0.675. The molecule has 1 unspecified atom stereocenters. The summed E-state index contributed by atoms with van der Waals surface area (Å²) in [7, 11) is 0. The van der Waals surface area contributed by atoms with Gasteiger partial charge in [0.2, 0.25) is 0 Å². The molecular formula is C14H20O2. The van der Waals surface area contributed by atoms with Gasteiger partial charge in [-0.05, 0) is 23.5 Å². The lowest BCUT2D eigenvalue weighted by Gasteiger charge is -2.19. The van der Waals surface area contributed by atoms with E-state index in [1.54, 1.807) is 0 Å². The summed E-state index contributed by atoms with van der Waals surface area (Å²) in [4.78, 5) is 10.9. The van der Waals surface area contributed by atoms with Gasteiger partial charge in [-0.2, -0.15) is 0 Å². The Morgan fingerprint density at radius 1 is 1.25 bits per heavy atom. The second kappa shape index (κ2) is 4.79. The number of benzene rings is 1. The van der Waals surface area contributed by atoms with Crippen LogP contribution in [0, 0.1) is 0 Å². The Hall–Kier alpha value is -1.15. The monoisotopic (exact) mass is 220 g/mol. The van der Waals surface area contributed by atoms with E-state index in [9.17, 15) is 9.90 Å². The van der Waals surface area contributed by atoms with E-state index in [4.69, 9.17) is 0 Å². The molecular weight excluding hydrogens is 200 g/mol. The van der Waals surface area contributed by atoms with Gasteiger partial charge in [-0.3, -0.25) is 4.79 Å². The van der Waals surface area contributed by atoms with Crippen LogP contribution >= 0.6 is 0 Å². The molecule has 2 nitrogen and oxygen atoms in total. The van der Waals surface area contributed by atoms with Crippen LogP contribution in [-0.2, 0) is 10.2 Å². The van der Waals surface area contributed by atoms with Gasteiger partial charge >= 0.3 is 0 Å². The standard InChI is InChI=1S/C14H20O2/c1-10(15)9-13(16)11-5-7-12(8-6-11)14(2,3)4/h5-8,13,16H,9H2,1-4H3. The molecule has 0 fully saturated rings. The Kier molecular flexibility index (Phi) is 3.87. The average Bonchev–Trinajstić information content (AvgIpc) is 2.15. The van der Waals surface area contributed by atoms with Gasteiger partial charge in [0.25, 0.3) is 0 Å². The molecule has 0 saturated carbocycles. The highest BCUT2D eigenvalue weighted by Crippen LogP contribution is 2.24. The van der Waals surface area contributed by atoms with Gasteiger partial charge in [0, 0.05) is 6.42 Å². The van der Waals surface area contributed by atoms with E-state index in [1.807, 2.05) is 24.3 Å². The van der Waals surface area contributed by atoms with Gasteiger partial charge in [0.1, 0.15) is 5.78 Å². The average molecular weight is 220 g/mol. The molecule has 0 heterocycles. The molecule has 16 heavy (non-hydrogen) atoms. The van der Waals surface area contributed by atoms with Crippen molar-refractivity contribution in [2.24, 2.45) is 0 Å². The Balaban J connectivity index is 2.83. The largest absolute Gasteiger partial charge is 0.388 e. The minimum absolute atomic E-state index is 0.00685. The molecule has 0 aliphatic rings. The van der Waals surface area contributed by atoms with E-state index in [1.165, 1.54) is 12.5 Å². The Morgan fingerprint density at radius 3 is 2.12 bits per heavy atom. The quantitative estimate of drug-likeness (QED) is 0.850. The first kappa shape index (κ1) is 12.9. The third-order valence-electron chi connectivity index (χ3n) is 2.64. The van der Waals surface area contributed by atoms with Gasteiger partial charge < -0.3 is 5.11 Å². The summed E-state index contributed by atoms with van der Waals surface area (Å²) in [5, 5.41) is 9.76. The lowest BCUT2D eigenvalue weighted by atomic mass is 9.86. The summed E-state index contributed by atoms with van der Waals surface area (Å²) in [5.74, 6) is 0.00685. The molecule has 1 atom stereocenters. The van der Waals surface area contributed by atoms with Crippen LogP contribution in [-0.4, -0.2) is 10.9 Å². The van der Waals surface area contributed by atoms with E-state index in [0.717, 1.165) is 5.56 Å². The Bertz CT molecular complexity index is 357. The SMILES string of the molecule is CC(=O)CC(O)c1ccc(C(C)(C)C)cc1. The predicted molar refractivity (Wildman–Crippen MR) is 65.4 cm³/mol. The van der Waals surface area contributed by atoms with Gasteiger partial charge in [0.05, 0.1) is 6.10 Å². The number of aliphatic hydroxyl groups excluding tert-OH is 1. The van der Waals surface area contributed by atoms with Crippen molar-refractivity contribution in [3.05, 3.63) is 35.4 Å². The second-order valence-corrected chi connectivity index (χ2v) is 5.29. The summed E-state index contributed by atoms with van der Waals surface area (Å²) < 4.78 is 0. The van der Waals surface area contributed by atoms with E-state index < -0.39 is 6.10 Å². The van der Waals surface area contributed by atoms with Crippen LogP contribution in [0.1, 0.15) is 51.3 Å². The molecule has 0 saturated heterocycles. The molecule has 2 heteroatoms. The number of hydrogen-bond acceptors (Lipinski definition) is 2. The van der Waals surface area contributed by atoms with Crippen LogP contribution in [0.25, 0.3) is 0 Å². The summed E-state index contributed by atoms with van der Waals surface area (Å²) in [5.41, 5.74) is 2.15. The maximum Gasteiger partial charge on any atom is 0.132 e. The molecule has 0 bridgehead atoms. The maximum absolute atomic E-state index is 10.9. The second-order valence-electron chi connectivity index (χ2n) is 5.29. The van der Waals surface area contributed by atoms with E-state index in [-0.39, 0.29) is 17.6 Å². The van der Waals surface area contributed by atoms with E-state index >= 15 is 0 Å². The third-order valence-corrected chi connectivity index (χ3v) is 2.64. The van der Waals surface area contributed by atoms with Crippen LogP contribution in [0.15, 0.2) is 24.3 Å². The highest BCUT2D eigenvalue weighted by atomic mass is 16.3. The van der Waals surface area contributed by atoms with Crippen molar-refractivity contribution in [3.8, 4) is 0 Å². The first-order chi connectivity index (χ1) is 7.30. The highest BCUT2D eigenvalue weighted by molar-refractivity contribution is 5.76. The zero-order valence-corrected chi connectivity index (χ0v) is 10.4. The molecule has 1 aromatic rings. The van der Waals surface area contributed by atoms with Gasteiger partial charge in [0.15, 0.2) is 0 Å². The van der Waals surface area contributed by atoms with Crippen molar-refractivity contribution in [1.29, 1.82) is 0 Å². The van der Waals surface area contributed by atoms with Gasteiger partial charge in [-0.1, -0.05) is 45.0 Å². The third kappa shape index (κ3) is 3.46. The van der Waals surface area contributed by atoms with Crippen molar-refractivity contribution in [1.82, 2.24) is 0 Å². The number of hydrogen-bond donors (Lipinski definition) is 1. The summed E-state index contributed by atoms with van der Waals surface area (Å²) >= 11 is 0. The Labute approximate surface area is 97.3 Å². The smallest absolute Gasteiger partial charge is 0.132 e. The van der Waals surface area contributed by atoms with Crippen molar-refractivity contribution >= 4 is 5.78 Å². The Morgan fingerprint density at radius 2 is 1.75 bits per heavy atom. The first-order valence-corrected chi connectivity index (χ1v) is 5.58. The van der Waals surface area contributed by atoms with Crippen molar-refractivity contribution in [3.63, 3.8) is 0 Å². The fourth-order valence-electron chi connectivity index (χ4n) is 1.60. The highest BCUT2D eigenvalue weighted by Gasteiger charge is 2.15.